The van der Waals surface area contributed by atoms with E-state index in [1.165, 1.54) is 40.8 Å². The minimum Gasteiger partial charge on any atom is -0.371 e. The molecular formula is C12H16IN. The minimum atomic E-state index is 1.14. The number of hydrogen-bond acceptors (Lipinski definition) is 1. The van der Waals surface area contributed by atoms with Crippen LogP contribution in [0, 0.1) is 3.57 Å². The lowest BCUT2D eigenvalue weighted by atomic mass is 10.1. The Morgan fingerprint density at radius 1 is 1.29 bits per heavy atom. The van der Waals surface area contributed by atoms with Crippen LogP contribution in [0.2, 0.25) is 0 Å². The largest absolute Gasteiger partial charge is 0.371 e. The van der Waals surface area contributed by atoms with Crippen molar-refractivity contribution < 1.29 is 0 Å². The van der Waals surface area contributed by atoms with E-state index in [0.29, 0.717) is 0 Å². The summed E-state index contributed by atoms with van der Waals surface area (Å²) in [6.45, 7) is 4.73. The molecule has 2 heteroatoms. The van der Waals surface area contributed by atoms with E-state index in [1.807, 2.05) is 0 Å². The summed E-state index contributed by atoms with van der Waals surface area (Å²) in [5.74, 6) is 0. The van der Waals surface area contributed by atoms with Gasteiger partial charge in [0.2, 0.25) is 0 Å². The molecule has 14 heavy (non-hydrogen) atoms. The van der Waals surface area contributed by atoms with Gasteiger partial charge in [-0.15, -0.1) is 0 Å². The molecule has 1 saturated heterocycles. The highest BCUT2D eigenvalue weighted by Crippen LogP contribution is 2.26. The Hall–Kier alpha value is -0.250. The van der Waals surface area contributed by atoms with Gasteiger partial charge in [0.05, 0.1) is 0 Å². The maximum absolute atomic E-state index is 2.52. The first-order chi connectivity index (χ1) is 6.81. The Morgan fingerprint density at radius 2 is 2.00 bits per heavy atom. The molecule has 0 bridgehead atoms. The van der Waals surface area contributed by atoms with Crippen molar-refractivity contribution in [1.82, 2.24) is 0 Å². The second-order valence-corrected chi connectivity index (χ2v) is 5.07. The number of nitrogens with zero attached hydrogens (tertiary/aromatic N) is 1. The molecule has 1 aromatic rings. The van der Waals surface area contributed by atoms with E-state index in [2.05, 4.69) is 52.6 Å². The summed E-state index contributed by atoms with van der Waals surface area (Å²) in [5, 5.41) is 0. The quantitative estimate of drug-likeness (QED) is 0.756. The zero-order valence-electron chi connectivity index (χ0n) is 8.59. The summed E-state index contributed by atoms with van der Waals surface area (Å²) < 4.78 is 1.35. The monoisotopic (exact) mass is 301 g/mol. The van der Waals surface area contributed by atoms with Gasteiger partial charge in [0.25, 0.3) is 0 Å². The smallest absolute Gasteiger partial charge is 0.0399 e. The van der Waals surface area contributed by atoms with Crippen molar-refractivity contribution in [3.05, 3.63) is 27.3 Å². The molecule has 0 saturated carbocycles. The molecule has 0 spiro atoms. The maximum atomic E-state index is 2.52. The van der Waals surface area contributed by atoms with Crippen LogP contribution in [0.5, 0.6) is 0 Å². The van der Waals surface area contributed by atoms with Gasteiger partial charge in [0.1, 0.15) is 0 Å². The first-order valence-electron chi connectivity index (χ1n) is 5.34. The summed E-state index contributed by atoms with van der Waals surface area (Å²) >= 11 is 2.39. The third kappa shape index (κ3) is 2.05. The molecule has 0 unspecified atom stereocenters. The third-order valence-corrected chi connectivity index (χ3v) is 3.54. The summed E-state index contributed by atoms with van der Waals surface area (Å²) in [7, 11) is 0. The number of aryl methyl sites for hydroxylation is 1. The Labute approximate surface area is 99.6 Å². The first kappa shape index (κ1) is 10.3. The molecule has 0 amide bonds. The van der Waals surface area contributed by atoms with E-state index < -0.39 is 0 Å². The highest BCUT2D eigenvalue weighted by Gasteiger charge is 2.14. The van der Waals surface area contributed by atoms with Gasteiger partial charge >= 0.3 is 0 Å². The molecule has 76 valence electrons. The van der Waals surface area contributed by atoms with Crippen LogP contribution in [0.25, 0.3) is 0 Å². The van der Waals surface area contributed by atoms with Crippen molar-refractivity contribution in [3.63, 3.8) is 0 Å². The van der Waals surface area contributed by atoms with Gasteiger partial charge in [-0.2, -0.15) is 0 Å². The second-order valence-electron chi connectivity index (χ2n) is 3.82. The average Bonchev–Trinajstić information content (AvgIpc) is 2.70. The van der Waals surface area contributed by atoms with Crippen LogP contribution in [0.1, 0.15) is 25.3 Å². The van der Waals surface area contributed by atoms with Crippen LogP contribution in [-0.2, 0) is 6.42 Å². The summed E-state index contributed by atoms with van der Waals surface area (Å²) in [6, 6.07) is 6.81. The van der Waals surface area contributed by atoms with Crippen LogP contribution in [0.15, 0.2) is 18.2 Å². The van der Waals surface area contributed by atoms with Crippen molar-refractivity contribution in [1.29, 1.82) is 0 Å². The van der Waals surface area contributed by atoms with Crippen molar-refractivity contribution in [2.75, 3.05) is 18.0 Å². The summed E-state index contributed by atoms with van der Waals surface area (Å²) in [6.07, 6.45) is 3.85. The fourth-order valence-electron chi connectivity index (χ4n) is 2.10. The lowest BCUT2D eigenvalue weighted by Crippen LogP contribution is -2.19. The number of hydrogen-bond donors (Lipinski definition) is 0. The zero-order valence-corrected chi connectivity index (χ0v) is 10.8. The van der Waals surface area contributed by atoms with Gasteiger partial charge in [0, 0.05) is 22.3 Å². The van der Waals surface area contributed by atoms with E-state index in [0.717, 1.165) is 6.42 Å². The Balaban J connectivity index is 2.31. The molecule has 1 aromatic carbocycles. The molecule has 0 aliphatic carbocycles. The van der Waals surface area contributed by atoms with Gasteiger partial charge in [-0.3, -0.25) is 0 Å². The molecule has 0 aromatic heterocycles. The Kier molecular flexibility index (Phi) is 3.31. The number of anilines is 1. The zero-order chi connectivity index (χ0) is 9.97. The van der Waals surface area contributed by atoms with Crippen LogP contribution >= 0.6 is 22.6 Å². The fraction of sp³-hybridized carbons (Fsp3) is 0.500. The third-order valence-electron chi connectivity index (χ3n) is 2.87. The molecule has 0 radical (unpaired) electrons. The Bertz CT molecular complexity index is 316. The topological polar surface area (TPSA) is 3.24 Å². The highest BCUT2D eigenvalue weighted by molar-refractivity contribution is 14.1. The predicted octanol–water partition coefficient (Wildman–Crippen LogP) is 3.45. The number of rotatable bonds is 2. The van der Waals surface area contributed by atoms with Gasteiger partial charge in [-0.25, -0.2) is 0 Å². The molecule has 2 rings (SSSR count). The maximum Gasteiger partial charge on any atom is 0.0399 e. The molecular weight excluding hydrogens is 285 g/mol. The van der Waals surface area contributed by atoms with Crippen molar-refractivity contribution in [3.8, 4) is 0 Å². The normalized spacial score (nSPS) is 16.3. The fourth-order valence-corrected chi connectivity index (χ4v) is 2.66. The first-order valence-corrected chi connectivity index (χ1v) is 6.42. The van der Waals surface area contributed by atoms with E-state index >= 15 is 0 Å². The van der Waals surface area contributed by atoms with Gasteiger partial charge in [-0.05, 0) is 65.6 Å². The standard InChI is InChI=1S/C12H16IN/c1-2-10-9-11(13)5-6-12(10)14-7-3-4-8-14/h5-6,9H,2-4,7-8H2,1H3. The molecule has 1 aliphatic heterocycles. The van der Waals surface area contributed by atoms with Crippen LogP contribution in [0.4, 0.5) is 5.69 Å². The summed E-state index contributed by atoms with van der Waals surface area (Å²) in [4.78, 5) is 2.52. The highest BCUT2D eigenvalue weighted by atomic mass is 127. The number of halogens is 1. The predicted molar refractivity (Wildman–Crippen MR) is 70.0 cm³/mol. The summed E-state index contributed by atoms with van der Waals surface area (Å²) in [5.41, 5.74) is 2.96. The van der Waals surface area contributed by atoms with Crippen molar-refractivity contribution >= 4 is 28.3 Å². The van der Waals surface area contributed by atoms with E-state index in [1.54, 1.807) is 0 Å². The van der Waals surface area contributed by atoms with Gasteiger partial charge in [0.15, 0.2) is 0 Å². The minimum absolute atomic E-state index is 1.14. The lowest BCUT2D eigenvalue weighted by Gasteiger charge is -2.21. The van der Waals surface area contributed by atoms with Crippen molar-refractivity contribution in [2.45, 2.75) is 26.2 Å². The molecule has 0 N–H and O–H groups in total. The van der Waals surface area contributed by atoms with Gasteiger partial charge < -0.3 is 4.90 Å². The average molecular weight is 301 g/mol. The van der Waals surface area contributed by atoms with Crippen molar-refractivity contribution in [2.24, 2.45) is 0 Å². The van der Waals surface area contributed by atoms with Crippen LogP contribution < -0.4 is 4.90 Å². The van der Waals surface area contributed by atoms with Crippen LogP contribution in [0.3, 0.4) is 0 Å². The Morgan fingerprint density at radius 3 is 2.64 bits per heavy atom. The van der Waals surface area contributed by atoms with E-state index in [4.69, 9.17) is 0 Å². The van der Waals surface area contributed by atoms with E-state index in [-0.39, 0.29) is 0 Å². The molecule has 1 nitrogen and oxygen atoms in total. The second kappa shape index (κ2) is 4.51. The molecule has 1 heterocycles. The van der Waals surface area contributed by atoms with Crippen LogP contribution in [-0.4, -0.2) is 13.1 Å². The van der Waals surface area contributed by atoms with Gasteiger partial charge in [-0.1, -0.05) is 6.92 Å². The molecule has 1 aliphatic rings. The SMILES string of the molecule is CCc1cc(I)ccc1N1CCCC1. The molecule has 1 fully saturated rings. The van der Waals surface area contributed by atoms with E-state index in [9.17, 15) is 0 Å². The molecule has 0 atom stereocenters. The number of benzene rings is 1. The lowest BCUT2D eigenvalue weighted by molar-refractivity contribution is 0.947.